The average Bonchev–Trinajstić information content (AvgIpc) is 3.04. The lowest BCUT2D eigenvalue weighted by atomic mass is 9.95. The van der Waals surface area contributed by atoms with Crippen molar-refractivity contribution in [3.8, 4) is 5.75 Å². The van der Waals surface area contributed by atoms with Gasteiger partial charge in [0, 0.05) is 24.2 Å². The first-order valence-corrected chi connectivity index (χ1v) is 11.3. The number of rotatable bonds is 9. The number of Topliss-reactive ketones (excluding diaryl/α,β-unsaturated/α-hetero) is 1. The maximum absolute atomic E-state index is 14.9. The van der Waals surface area contributed by atoms with Crippen LogP contribution in [0.2, 0.25) is 0 Å². The third-order valence-corrected chi connectivity index (χ3v) is 5.77. The molecule has 1 N–H and O–H groups in total. The molecular weight excluding hydrogens is 423 g/mol. The zero-order chi connectivity index (χ0) is 24.1. The quantitative estimate of drug-likeness (QED) is 0.346. The molecule has 2 aromatic rings. The summed E-state index contributed by atoms with van der Waals surface area (Å²) in [4.78, 5) is 29.6. The van der Waals surface area contributed by atoms with Crippen molar-refractivity contribution in [3.05, 3.63) is 71.0 Å². The Balaban J connectivity index is 2.11. The summed E-state index contributed by atoms with van der Waals surface area (Å²) in [5.41, 5.74) is 0.384. The van der Waals surface area contributed by atoms with E-state index in [0.717, 1.165) is 13.1 Å². The number of likely N-dealkylation sites (tertiary alicyclic amines) is 1. The van der Waals surface area contributed by atoms with E-state index in [0.29, 0.717) is 17.9 Å². The summed E-state index contributed by atoms with van der Waals surface area (Å²) in [5, 5.41) is 11.2. The van der Waals surface area contributed by atoms with E-state index >= 15 is 0 Å². The molecule has 0 radical (unpaired) electrons. The normalized spacial score (nSPS) is 17.9. The Bertz CT molecular complexity index is 1050. The molecule has 0 aromatic heterocycles. The van der Waals surface area contributed by atoms with Gasteiger partial charge in [-0.2, -0.15) is 0 Å². The third kappa shape index (κ3) is 5.25. The minimum atomic E-state index is -1.02. The Morgan fingerprint density at radius 2 is 1.82 bits per heavy atom. The van der Waals surface area contributed by atoms with Crippen molar-refractivity contribution >= 4 is 17.4 Å². The van der Waals surface area contributed by atoms with E-state index in [9.17, 15) is 19.1 Å². The van der Waals surface area contributed by atoms with Gasteiger partial charge >= 0.3 is 0 Å². The van der Waals surface area contributed by atoms with Gasteiger partial charge in [0.1, 0.15) is 17.3 Å². The van der Waals surface area contributed by atoms with Crippen molar-refractivity contribution in [1.29, 1.82) is 0 Å². The Labute approximate surface area is 194 Å². The second-order valence-electron chi connectivity index (χ2n) is 8.24. The van der Waals surface area contributed by atoms with Gasteiger partial charge in [0.15, 0.2) is 0 Å². The van der Waals surface area contributed by atoms with Gasteiger partial charge in [-0.1, -0.05) is 44.2 Å². The van der Waals surface area contributed by atoms with Gasteiger partial charge in [0.05, 0.1) is 17.7 Å². The van der Waals surface area contributed by atoms with Crippen LogP contribution >= 0.6 is 0 Å². The van der Waals surface area contributed by atoms with Crippen LogP contribution in [0.1, 0.15) is 44.9 Å². The van der Waals surface area contributed by atoms with Crippen LogP contribution in [-0.2, 0) is 9.59 Å². The van der Waals surface area contributed by atoms with E-state index in [4.69, 9.17) is 4.74 Å². The van der Waals surface area contributed by atoms with Gasteiger partial charge < -0.3 is 19.6 Å². The standard InChI is InChI=1S/C26H31FN2O4/c1-5-28(6-2)14-15-29-23(20-12-7-8-13-21(20)27)22(25(31)26(29)32)24(30)18-10-9-11-19(16-18)33-17(3)4/h7-13,16-17,23,30H,5-6,14-15H2,1-4H3/b24-22-. The number of benzene rings is 2. The Morgan fingerprint density at radius 3 is 2.45 bits per heavy atom. The number of nitrogens with zero attached hydrogens (tertiary/aromatic N) is 2. The molecule has 1 atom stereocenters. The average molecular weight is 455 g/mol. The molecule has 176 valence electrons. The second-order valence-corrected chi connectivity index (χ2v) is 8.24. The summed E-state index contributed by atoms with van der Waals surface area (Å²) in [7, 11) is 0. The fraction of sp³-hybridized carbons (Fsp3) is 0.385. The molecule has 0 spiro atoms. The topological polar surface area (TPSA) is 70.1 Å². The van der Waals surface area contributed by atoms with Crippen LogP contribution in [-0.4, -0.2) is 58.9 Å². The van der Waals surface area contributed by atoms with E-state index in [-0.39, 0.29) is 29.5 Å². The van der Waals surface area contributed by atoms with Gasteiger partial charge in [-0.3, -0.25) is 9.59 Å². The fourth-order valence-electron chi connectivity index (χ4n) is 4.06. The SMILES string of the molecule is CCN(CC)CCN1C(=O)C(=O)/C(=C(\O)c2cccc(OC(C)C)c2)C1c1ccccc1F. The molecule has 1 aliphatic heterocycles. The molecule has 1 unspecified atom stereocenters. The van der Waals surface area contributed by atoms with Gasteiger partial charge in [-0.05, 0) is 45.1 Å². The number of aliphatic hydroxyl groups is 1. The summed E-state index contributed by atoms with van der Waals surface area (Å²) in [6.07, 6.45) is -0.0773. The maximum Gasteiger partial charge on any atom is 0.295 e. The summed E-state index contributed by atoms with van der Waals surface area (Å²) < 4.78 is 20.6. The Morgan fingerprint density at radius 1 is 1.12 bits per heavy atom. The fourth-order valence-corrected chi connectivity index (χ4v) is 4.06. The summed E-state index contributed by atoms with van der Waals surface area (Å²) in [6.45, 7) is 10.1. The van der Waals surface area contributed by atoms with Crippen LogP contribution in [0.15, 0.2) is 54.1 Å². The first-order chi connectivity index (χ1) is 15.8. The third-order valence-electron chi connectivity index (χ3n) is 5.77. The van der Waals surface area contributed by atoms with E-state index in [2.05, 4.69) is 4.90 Å². The summed E-state index contributed by atoms with van der Waals surface area (Å²) in [6, 6.07) is 11.7. The Kier molecular flexibility index (Phi) is 7.87. The Hall–Kier alpha value is -3.19. The first-order valence-electron chi connectivity index (χ1n) is 11.3. The number of aliphatic hydroxyl groups excluding tert-OH is 1. The van der Waals surface area contributed by atoms with Crippen LogP contribution in [0.4, 0.5) is 4.39 Å². The maximum atomic E-state index is 14.9. The molecular formula is C26H31FN2O4. The van der Waals surface area contributed by atoms with Crippen LogP contribution in [0.25, 0.3) is 5.76 Å². The van der Waals surface area contributed by atoms with Crippen LogP contribution < -0.4 is 4.74 Å². The molecule has 0 aliphatic carbocycles. The highest BCUT2D eigenvalue weighted by Crippen LogP contribution is 2.40. The van der Waals surface area contributed by atoms with Crippen molar-refractivity contribution < 1.29 is 23.8 Å². The molecule has 33 heavy (non-hydrogen) atoms. The van der Waals surface area contributed by atoms with Gasteiger partial charge in [-0.25, -0.2) is 4.39 Å². The molecule has 0 bridgehead atoms. The molecule has 3 rings (SSSR count). The van der Waals surface area contributed by atoms with E-state index in [1.165, 1.54) is 11.0 Å². The van der Waals surface area contributed by atoms with Crippen molar-refractivity contribution in [1.82, 2.24) is 9.80 Å². The smallest absolute Gasteiger partial charge is 0.295 e. The summed E-state index contributed by atoms with van der Waals surface area (Å²) in [5.74, 6) is -1.93. The zero-order valence-electron chi connectivity index (χ0n) is 19.5. The van der Waals surface area contributed by atoms with Crippen molar-refractivity contribution in [2.75, 3.05) is 26.2 Å². The minimum absolute atomic E-state index is 0.0773. The number of likely N-dealkylation sites (N-methyl/N-ethyl adjacent to an activating group) is 1. The highest BCUT2D eigenvalue weighted by atomic mass is 19.1. The van der Waals surface area contributed by atoms with E-state index in [1.807, 2.05) is 27.7 Å². The predicted octanol–water partition coefficient (Wildman–Crippen LogP) is 4.38. The molecule has 1 amide bonds. The first kappa shape index (κ1) is 24.5. The number of amides is 1. The lowest BCUT2D eigenvalue weighted by Gasteiger charge is -2.28. The molecule has 1 aliphatic rings. The molecule has 7 heteroatoms. The van der Waals surface area contributed by atoms with Gasteiger partial charge in [0.25, 0.3) is 11.7 Å². The van der Waals surface area contributed by atoms with Crippen molar-refractivity contribution in [2.45, 2.75) is 39.8 Å². The molecule has 1 fully saturated rings. The molecule has 0 saturated carbocycles. The molecule has 2 aromatic carbocycles. The molecule has 1 heterocycles. The lowest BCUT2D eigenvalue weighted by molar-refractivity contribution is -0.140. The van der Waals surface area contributed by atoms with Crippen LogP contribution in [0.3, 0.4) is 0 Å². The van der Waals surface area contributed by atoms with Gasteiger partial charge in [-0.15, -0.1) is 0 Å². The van der Waals surface area contributed by atoms with E-state index < -0.39 is 23.5 Å². The number of carbonyl (C=O) groups is 2. The number of carbonyl (C=O) groups excluding carboxylic acids is 2. The molecule has 1 saturated heterocycles. The number of ether oxygens (including phenoxy) is 1. The molecule has 6 nitrogen and oxygen atoms in total. The summed E-state index contributed by atoms with van der Waals surface area (Å²) >= 11 is 0. The second kappa shape index (κ2) is 10.6. The monoisotopic (exact) mass is 454 g/mol. The highest BCUT2D eigenvalue weighted by molar-refractivity contribution is 6.46. The number of halogens is 1. The number of hydrogen-bond acceptors (Lipinski definition) is 5. The predicted molar refractivity (Wildman–Crippen MR) is 125 cm³/mol. The van der Waals surface area contributed by atoms with Gasteiger partial charge in [0.2, 0.25) is 0 Å². The zero-order valence-corrected chi connectivity index (χ0v) is 19.5. The van der Waals surface area contributed by atoms with E-state index in [1.54, 1.807) is 42.5 Å². The minimum Gasteiger partial charge on any atom is -0.507 e. The van der Waals surface area contributed by atoms with Crippen LogP contribution in [0, 0.1) is 5.82 Å². The van der Waals surface area contributed by atoms with Crippen molar-refractivity contribution in [3.63, 3.8) is 0 Å². The highest BCUT2D eigenvalue weighted by Gasteiger charge is 2.46. The largest absolute Gasteiger partial charge is 0.507 e. The van der Waals surface area contributed by atoms with Crippen LogP contribution in [0.5, 0.6) is 5.75 Å². The lowest BCUT2D eigenvalue weighted by Crippen LogP contribution is -2.38. The number of ketones is 1. The van der Waals surface area contributed by atoms with Crippen molar-refractivity contribution in [2.24, 2.45) is 0 Å². The number of hydrogen-bond donors (Lipinski definition) is 1.